The molecule has 19 heavy (non-hydrogen) atoms. The average Bonchev–Trinajstić information content (AvgIpc) is 2.65. The lowest BCUT2D eigenvalue weighted by Gasteiger charge is -2.17. The summed E-state index contributed by atoms with van der Waals surface area (Å²) in [6.45, 7) is 10.2. The molecule has 1 atom stereocenters. The lowest BCUT2D eigenvalue weighted by Crippen LogP contribution is -2.13. The Hall–Kier alpha value is -0.550. The highest BCUT2D eigenvalue weighted by molar-refractivity contribution is 8.13. The van der Waals surface area contributed by atoms with Crippen molar-refractivity contribution in [1.29, 1.82) is 0 Å². The number of hydrogen-bond acceptors (Lipinski definition) is 3. The minimum Gasteiger partial charge on any atom is -0.265 e. The van der Waals surface area contributed by atoms with Crippen LogP contribution in [0.2, 0.25) is 0 Å². The standard InChI is InChI=1S/C13H23ClN2O2S/c1-6-11-13(19(14,17)18)12(7-2)16(15-11)10(5)8-9(3)4/h9-10H,6-8H2,1-5H3. The number of halogens is 1. The van der Waals surface area contributed by atoms with Crippen LogP contribution < -0.4 is 0 Å². The van der Waals surface area contributed by atoms with Crippen molar-refractivity contribution < 1.29 is 8.42 Å². The third-order valence-corrected chi connectivity index (χ3v) is 4.59. The number of aromatic nitrogens is 2. The predicted octanol–water partition coefficient (Wildman–Crippen LogP) is 3.54. The minimum absolute atomic E-state index is 0.174. The molecule has 1 unspecified atom stereocenters. The molecule has 0 radical (unpaired) electrons. The summed E-state index contributed by atoms with van der Waals surface area (Å²) in [4.78, 5) is 0.217. The molecule has 0 aliphatic heterocycles. The van der Waals surface area contributed by atoms with Crippen molar-refractivity contribution in [2.45, 2.75) is 64.8 Å². The number of aryl methyl sites for hydroxylation is 1. The van der Waals surface area contributed by atoms with Crippen LogP contribution in [-0.2, 0) is 21.9 Å². The SMILES string of the molecule is CCc1nn(C(C)CC(C)C)c(CC)c1S(=O)(=O)Cl. The highest BCUT2D eigenvalue weighted by atomic mass is 35.7. The first-order chi connectivity index (χ1) is 8.72. The summed E-state index contributed by atoms with van der Waals surface area (Å²) in [6, 6.07) is 0.174. The van der Waals surface area contributed by atoms with Crippen LogP contribution in [0, 0.1) is 5.92 Å². The van der Waals surface area contributed by atoms with Gasteiger partial charge in [0.15, 0.2) is 0 Å². The Kier molecular flexibility index (Phi) is 5.44. The van der Waals surface area contributed by atoms with Crippen molar-refractivity contribution in [3.8, 4) is 0 Å². The third-order valence-electron chi connectivity index (χ3n) is 3.17. The van der Waals surface area contributed by atoms with E-state index in [1.54, 1.807) is 0 Å². The Morgan fingerprint density at radius 2 is 1.79 bits per heavy atom. The first-order valence-corrected chi connectivity index (χ1v) is 9.08. The van der Waals surface area contributed by atoms with Gasteiger partial charge in [-0.25, -0.2) is 8.42 Å². The first kappa shape index (κ1) is 16.5. The van der Waals surface area contributed by atoms with Crippen LogP contribution in [-0.4, -0.2) is 18.2 Å². The molecule has 0 amide bonds. The molecule has 4 nitrogen and oxygen atoms in total. The van der Waals surface area contributed by atoms with E-state index >= 15 is 0 Å². The smallest absolute Gasteiger partial charge is 0.264 e. The summed E-state index contributed by atoms with van der Waals surface area (Å²) in [5.74, 6) is 0.532. The van der Waals surface area contributed by atoms with Gasteiger partial charge in [0, 0.05) is 16.7 Å². The summed E-state index contributed by atoms with van der Waals surface area (Å²) < 4.78 is 25.4. The van der Waals surface area contributed by atoms with E-state index in [0.717, 1.165) is 12.1 Å². The van der Waals surface area contributed by atoms with Crippen LogP contribution in [0.25, 0.3) is 0 Å². The van der Waals surface area contributed by atoms with Gasteiger partial charge in [0.25, 0.3) is 9.05 Å². The topological polar surface area (TPSA) is 52.0 Å². The Balaban J connectivity index is 3.39. The normalized spacial score (nSPS) is 14.1. The first-order valence-electron chi connectivity index (χ1n) is 6.77. The molecular formula is C13H23ClN2O2S. The Labute approximate surface area is 120 Å². The average molecular weight is 307 g/mol. The van der Waals surface area contributed by atoms with Gasteiger partial charge in [-0.15, -0.1) is 0 Å². The molecule has 1 aromatic heterocycles. The molecular weight excluding hydrogens is 284 g/mol. The van der Waals surface area contributed by atoms with Gasteiger partial charge in [0.2, 0.25) is 0 Å². The molecule has 110 valence electrons. The van der Waals surface area contributed by atoms with Crippen LogP contribution in [0.15, 0.2) is 4.90 Å². The molecule has 0 N–H and O–H groups in total. The fourth-order valence-electron chi connectivity index (χ4n) is 2.49. The highest BCUT2D eigenvalue weighted by Gasteiger charge is 2.27. The van der Waals surface area contributed by atoms with Gasteiger partial charge < -0.3 is 0 Å². The lowest BCUT2D eigenvalue weighted by molar-refractivity contribution is 0.386. The van der Waals surface area contributed by atoms with Gasteiger partial charge in [-0.3, -0.25) is 4.68 Å². The minimum atomic E-state index is -3.74. The Bertz CT molecular complexity index is 535. The molecule has 0 aliphatic carbocycles. The van der Waals surface area contributed by atoms with E-state index in [1.807, 2.05) is 18.5 Å². The van der Waals surface area contributed by atoms with Gasteiger partial charge in [-0.05, 0) is 32.1 Å². The number of rotatable bonds is 6. The summed E-state index contributed by atoms with van der Waals surface area (Å²) in [5, 5.41) is 4.47. The van der Waals surface area contributed by atoms with Crippen molar-refractivity contribution in [2.75, 3.05) is 0 Å². The van der Waals surface area contributed by atoms with E-state index in [-0.39, 0.29) is 10.9 Å². The van der Waals surface area contributed by atoms with Gasteiger partial charge >= 0.3 is 0 Å². The van der Waals surface area contributed by atoms with Crippen molar-refractivity contribution in [3.63, 3.8) is 0 Å². The second kappa shape index (κ2) is 6.27. The van der Waals surface area contributed by atoms with E-state index in [4.69, 9.17) is 10.7 Å². The van der Waals surface area contributed by atoms with Gasteiger partial charge in [-0.2, -0.15) is 5.10 Å². The molecule has 1 rings (SSSR count). The third kappa shape index (κ3) is 3.72. The summed E-state index contributed by atoms with van der Waals surface area (Å²) in [7, 11) is 1.83. The van der Waals surface area contributed by atoms with Crippen molar-refractivity contribution in [1.82, 2.24) is 9.78 Å². The quantitative estimate of drug-likeness (QED) is 0.755. The summed E-state index contributed by atoms with van der Waals surface area (Å²) in [6.07, 6.45) is 2.13. The maximum atomic E-state index is 11.8. The van der Waals surface area contributed by atoms with Crippen LogP contribution in [0.5, 0.6) is 0 Å². The maximum absolute atomic E-state index is 11.8. The monoisotopic (exact) mass is 306 g/mol. The van der Waals surface area contributed by atoms with Gasteiger partial charge in [-0.1, -0.05) is 27.7 Å². The molecule has 0 bridgehead atoms. The molecule has 0 fully saturated rings. The van der Waals surface area contributed by atoms with Crippen LogP contribution in [0.4, 0.5) is 0 Å². The zero-order valence-corrected chi connectivity index (χ0v) is 13.8. The van der Waals surface area contributed by atoms with Gasteiger partial charge in [0.05, 0.1) is 11.4 Å². The summed E-state index contributed by atoms with van der Waals surface area (Å²) >= 11 is 0. The second-order valence-electron chi connectivity index (χ2n) is 5.29. The number of nitrogens with zero attached hydrogens (tertiary/aromatic N) is 2. The van der Waals surface area contributed by atoms with Crippen LogP contribution in [0.3, 0.4) is 0 Å². The van der Waals surface area contributed by atoms with E-state index in [1.165, 1.54) is 0 Å². The molecule has 0 aromatic carbocycles. The molecule has 0 aliphatic rings. The van der Waals surface area contributed by atoms with Crippen LogP contribution >= 0.6 is 10.7 Å². The largest absolute Gasteiger partial charge is 0.265 e. The maximum Gasteiger partial charge on any atom is 0.264 e. The lowest BCUT2D eigenvalue weighted by atomic mass is 10.1. The highest BCUT2D eigenvalue weighted by Crippen LogP contribution is 2.29. The van der Waals surface area contributed by atoms with E-state index in [9.17, 15) is 8.42 Å². The van der Waals surface area contributed by atoms with E-state index in [2.05, 4.69) is 25.9 Å². The van der Waals surface area contributed by atoms with Crippen LogP contribution in [0.1, 0.15) is 58.5 Å². The van der Waals surface area contributed by atoms with Crippen molar-refractivity contribution in [3.05, 3.63) is 11.4 Å². The fraction of sp³-hybridized carbons (Fsp3) is 0.769. The molecule has 0 saturated carbocycles. The number of hydrogen-bond donors (Lipinski definition) is 0. The van der Waals surface area contributed by atoms with E-state index < -0.39 is 9.05 Å². The van der Waals surface area contributed by atoms with E-state index in [0.29, 0.717) is 24.5 Å². The fourth-order valence-corrected chi connectivity index (χ4v) is 4.01. The summed E-state index contributed by atoms with van der Waals surface area (Å²) in [5.41, 5.74) is 1.29. The molecule has 6 heteroatoms. The van der Waals surface area contributed by atoms with Crippen molar-refractivity contribution >= 4 is 19.7 Å². The zero-order chi connectivity index (χ0) is 14.8. The Morgan fingerprint density at radius 1 is 1.21 bits per heavy atom. The molecule has 1 heterocycles. The second-order valence-corrected chi connectivity index (χ2v) is 7.79. The zero-order valence-electron chi connectivity index (χ0n) is 12.3. The molecule has 1 aromatic rings. The molecule has 0 saturated heterocycles. The van der Waals surface area contributed by atoms with Crippen molar-refractivity contribution in [2.24, 2.45) is 5.92 Å². The van der Waals surface area contributed by atoms with Gasteiger partial charge in [0.1, 0.15) is 4.90 Å². The predicted molar refractivity (Wildman–Crippen MR) is 78.2 cm³/mol. The Morgan fingerprint density at radius 3 is 2.16 bits per heavy atom. The molecule has 0 spiro atoms.